The van der Waals surface area contributed by atoms with Gasteiger partial charge in [0.1, 0.15) is 12.4 Å². The van der Waals surface area contributed by atoms with E-state index in [9.17, 15) is 4.79 Å². The number of hydrogen-bond donors (Lipinski definition) is 0. The van der Waals surface area contributed by atoms with Crippen LogP contribution in [-0.4, -0.2) is 57.6 Å². The van der Waals surface area contributed by atoms with E-state index in [1.165, 1.54) is 35.7 Å². The third kappa shape index (κ3) is 5.05. The Labute approximate surface area is 181 Å². The number of aryl methyl sites for hydroxylation is 2. The lowest BCUT2D eigenvalue weighted by Gasteiger charge is -2.26. The number of nitrogens with zero attached hydrogens (tertiary/aromatic N) is 4. The largest absolute Gasteiger partial charge is 0.486 e. The predicted octanol–water partition coefficient (Wildman–Crippen LogP) is 2.87. The SMILES string of the molecule is C=CCn1c(COc2ccc3c(c2)CCCC3)nnc1SCC(=O)N1CCOCC1. The lowest BCUT2D eigenvalue weighted by molar-refractivity contribution is -0.132. The summed E-state index contributed by atoms with van der Waals surface area (Å²) in [6.45, 7) is 7.25. The zero-order chi connectivity index (χ0) is 20.8. The number of carbonyl (C=O) groups excluding carboxylic acids is 1. The van der Waals surface area contributed by atoms with Gasteiger partial charge in [0.25, 0.3) is 0 Å². The Bertz CT molecular complexity index is 893. The summed E-state index contributed by atoms with van der Waals surface area (Å²) in [5.74, 6) is 2.03. The number of benzene rings is 1. The van der Waals surface area contributed by atoms with Crippen LogP contribution in [0.5, 0.6) is 5.75 Å². The molecule has 0 spiro atoms. The van der Waals surface area contributed by atoms with Crippen LogP contribution in [0.2, 0.25) is 0 Å². The molecule has 7 nitrogen and oxygen atoms in total. The minimum absolute atomic E-state index is 0.100. The van der Waals surface area contributed by atoms with Gasteiger partial charge in [0.15, 0.2) is 11.0 Å². The summed E-state index contributed by atoms with van der Waals surface area (Å²) in [7, 11) is 0. The maximum absolute atomic E-state index is 12.4. The Morgan fingerprint density at radius 1 is 1.20 bits per heavy atom. The molecular formula is C22H28N4O3S. The zero-order valence-electron chi connectivity index (χ0n) is 17.2. The van der Waals surface area contributed by atoms with Crippen molar-refractivity contribution in [3.8, 4) is 5.75 Å². The van der Waals surface area contributed by atoms with Crippen molar-refractivity contribution in [3.05, 3.63) is 47.8 Å². The van der Waals surface area contributed by atoms with Crippen LogP contribution in [-0.2, 0) is 35.5 Å². The highest BCUT2D eigenvalue weighted by atomic mass is 32.2. The fraction of sp³-hybridized carbons (Fsp3) is 0.500. The third-order valence-electron chi connectivity index (χ3n) is 5.48. The van der Waals surface area contributed by atoms with Crippen LogP contribution in [0.25, 0.3) is 0 Å². The quantitative estimate of drug-likeness (QED) is 0.476. The molecular weight excluding hydrogens is 400 g/mol. The Morgan fingerprint density at radius 2 is 2.00 bits per heavy atom. The third-order valence-corrected chi connectivity index (χ3v) is 6.43. The number of carbonyl (C=O) groups is 1. The van der Waals surface area contributed by atoms with Gasteiger partial charge in [-0.2, -0.15) is 0 Å². The molecule has 2 aromatic rings. The second-order valence-corrected chi connectivity index (χ2v) is 8.45. The first-order valence-corrected chi connectivity index (χ1v) is 11.5. The Balaban J connectivity index is 1.38. The van der Waals surface area contributed by atoms with E-state index < -0.39 is 0 Å². The highest BCUT2D eigenvalue weighted by Gasteiger charge is 2.19. The van der Waals surface area contributed by atoms with Crippen LogP contribution >= 0.6 is 11.8 Å². The summed E-state index contributed by atoms with van der Waals surface area (Å²) in [6.07, 6.45) is 6.60. The number of amides is 1. The van der Waals surface area contributed by atoms with Gasteiger partial charge in [-0.3, -0.25) is 9.36 Å². The first kappa shape index (κ1) is 20.9. The molecule has 8 heteroatoms. The van der Waals surface area contributed by atoms with E-state index in [2.05, 4.69) is 28.9 Å². The van der Waals surface area contributed by atoms with Gasteiger partial charge < -0.3 is 14.4 Å². The van der Waals surface area contributed by atoms with E-state index in [-0.39, 0.29) is 5.91 Å². The van der Waals surface area contributed by atoms with Gasteiger partial charge in [0.2, 0.25) is 5.91 Å². The number of fused-ring (bicyclic) bond motifs is 1. The van der Waals surface area contributed by atoms with Gasteiger partial charge in [-0.05, 0) is 48.9 Å². The molecule has 0 unspecified atom stereocenters. The second-order valence-electron chi connectivity index (χ2n) is 7.51. The molecule has 1 amide bonds. The first-order valence-electron chi connectivity index (χ1n) is 10.5. The summed E-state index contributed by atoms with van der Waals surface area (Å²) < 4.78 is 13.3. The van der Waals surface area contributed by atoms with Crippen molar-refractivity contribution < 1.29 is 14.3 Å². The molecule has 2 aliphatic rings. The van der Waals surface area contributed by atoms with Crippen molar-refractivity contribution >= 4 is 17.7 Å². The monoisotopic (exact) mass is 428 g/mol. The van der Waals surface area contributed by atoms with Crippen LogP contribution < -0.4 is 4.74 Å². The van der Waals surface area contributed by atoms with E-state index in [0.717, 1.165) is 24.4 Å². The van der Waals surface area contributed by atoms with Crippen molar-refractivity contribution in [2.24, 2.45) is 0 Å². The molecule has 0 bridgehead atoms. The number of rotatable bonds is 8. The van der Waals surface area contributed by atoms with E-state index in [0.29, 0.717) is 50.4 Å². The fourth-order valence-electron chi connectivity index (χ4n) is 3.82. The second kappa shape index (κ2) is 10.1. The standard InChI is InChI=1S/C22H28N4O3S/c1-2-9-26-20(15-29-19-8-7-17-5-3-4-6-18(17)14-19)23-24-22(26)30-16-21(27)25-10-12-28-13-11-25/h2,7-8,14H,1,3-6,9-13,15-16H2. The normalized spacial score (nSPS) is 16.2. The average Bonchev–Trinajstić information content (AvgIpc) is 3.18. The minimum Gasteiger partial charge on any atom is -0.486 e. The fourth-order valence-corrected chi connectivity index (χ4v) is 4.69. The van der Waals surface area contributed by atoms with Crippen LogP contribution in [0.4, 0.5) is 0 Å². The number of ether oxygens (including phenoxy) is 2. The molecule has 160 valence electrons. The van der Waals surface area contributed by atoms with E-state index >= 15 is 0 Å². The molecule has 1 fully saturated rings. The molecule has 0 atom stereocenters. The van der Waals surface area contributed by atoms with E-state index in [1.54, 1.807) is 6.08 Å². The van der Waals surface area contributed by atoms with Crippen LogP contribution in [0.3, 0.4) is 0 Å². The minimum atomic E-state index is 0.100. The number of aromatic nitrogens is 3. The van der Waals surface area contributed by atoms with Gasteiger partial charge in [-0.15, -0.1) is 16.8 Å². The van der Waals surface area contributed by atoms with Crippen molar-refractivity contribution in [2.75, 3.05) is 32.1 Å². The number of morpholine rings is 1. The van der Waals surface area contributed by atoms with Crippen molar-refractivity contribution in [3.63, 3.8) is 0 Å². The van der Waals surface area contributed by atoms with Crippen molar-refractivity contribution in [2.45, 2.75) is 44.0 Å². The molecule has 0 N–H and O–H groups in total. The van der Waals surface area contributed by atoms with Gasteiger partial charge in [0.05, 0.1) is 19.0 Å². The van der Waals surface area contributed by atoms with Crippen LogP contribution in [0, 0.1) is 0 Å². The summed E-state index contributed by atoms with van der Waals surface area (Å²) in [6, 6.07) is 6.37. The number of thioether (sulfide) groups is 1. The molecule has 4 rings (SSSR count). The summed E-state index contributed by atoms with van der Waals surface area (Å²) >= 11 is 1.40. The van der Waals surface area contributed by atoms with Gasteiger partial charge in [0, 0.05) is 19.6 Å². The number of allylic oxidation sites excluding steroid dienone is 1. The van der Waals surface area contributed by atoms with Crippen molar-refractivity contribution in [1.82, 2.24) is 19.7 Å². The Hall–Kier alpha value is -2.32. The molecule has 1 aromatic carbocycles. The molecule has 30 heavy (non-hydrogen) atoms. The smallest absolute Gasteiger partial charge is 0.233 e. The van der Waals surface area contributed by atoms with Crippen LogP contribution in [0.1, 0.15) is 29.8 Å². The maximum atomic E-state index is 12.4. The number of hydrogen-bond acceptors (Lipinski definition) is 6. The van der Waals surface area contributed by atoms with Gasteiger partial charge >= 0.3 is 0 Å². The molecule has 1 aliphatic heterocycles. The molecule has 0 saturated carbocycles. The van der Waals surface area contributed by atoms with Gasteiger partial charge in [-0.25, -0.2) is 0 Å². The predicted molar refractivity (Wildman–Crippen MR) is 116 cm³/mol. The topological polar surface area (TPSA) is 69.5 Å². The van der Waals surface area contributed by atoms with Crippen LogP contribution in [0.15, 0.2) is 36.0 Å². The zero-order valence-corrected chi connectivity index (χ0v) is 18.0. The van der Waals surface area contributed by atoms with Gasteiger partial charge in [-0.1, -0.05) is 23.9 Å². The molecule has 1 aromatic heterocycles. The summed E-state index contributed by atoms with van der Waals surface area (Å²) in [5, 5.41) is 9.30. The summed E-state index contributed by atoms with van der Waals surface area (Å²) in [4.78, 5) is 14.3. The van der Waals surface area contributed by atoms with E-state index in [1.807, 2.05) is 15.5 Å². The summed E-state index contributed by atoms with van der Waals surface area (Å²) in [5.41, 5.74) is 2.83. The van der Waals surface area contributed by atoms with E-state index in [4.69, 9.17) is 9.47 Å². The Kier molecular flexibility index (Phi) is 7.07. The average molecular weight is 429 g/mol. The molecule has 1 saturated heterocycles. The Morgan fingerprint density at radius 3 is 2.80 bits per heavy atom. The molecule has 1 aliphatic carbocycles. The first-order chi connectivity index (χ1) is 14.7. The lowest BCUT2D eigenvalue weighted by Crippen LogP contribution is -2.41. The lowest BCUT2D eigenvalue weighted by atomic mass is 9.92. The van der Waals surface area contributed by atoms with Crippen molar-refractivity contribution in [1.29, 1.82) is 0 Å². The highest BCUT2D eigenvalue weighted by Crippen LogP contribution is 2.26. The molecule has 2 heterocycles. The maximum Gasteiger partial charge on any atom is 0.233 e. The highest BCUT2D eigenvalue weighted by molar-refractivity contribution is 7.99. The molecule has 0 radical (unpaired) electrons.